The molecule has 0 radical (unpaired) electrons. The SMILES string of the molecule is CCCCCNC(=O)CCC1OCC2(CO1)COC(CCC(=O)ON1C(=O)CCC1=O)OC2. The molecule has 0 aromatic carbocycles. The molecular formula is C22H34N2O9. The van der Waals surface area contributed by atoms with Crippen LogP contribution < -0.4 is 5.32 Å². The molecule has 3 fully saturated rings. The predicted molar refractivity (Wildman–Crippen MR) is 112 cm³/mol. The molecule has 1 N–H and O–H groups in total. The van der Waals surface area contributed by atoms with E-state index in [2.05, 4.69) is 12.2 Å². The third kappa shape index (κ3) is 7.73. The number of ether oxygens (including phenoxy) is 4. The Kier molecular flexibility index (Phi) is 9.60. The Morgan fingerprint density at radius 3 is 2.03 bits per heavy atom. The summed E-state index contributed by atoms with van der Waals surface area (Å²) in [7, 11) is 0. The van der Waals surface area contributed by atoms with Crippen LogP contribution in [0, 0.1) is 5.41 Å². The van der Waals surface area contributed by atoms with Crippen LogP contribution in [0.4, 0.5) is 0 Å². The first kappa shape index (κ1) is 25.5. The highest BCUT2D eigenvalue weighted by molar-refractivity contribution is 6.01. The van der Waals surface area contributed by atoms with Gasteiger partial charge in [-0.3, -0.25) is 14.4 Å². The van der Waals surface area contributed by atoms with Gasteiger partial charge in [0.1, 0.15) is 0 Å². The first-order chi connectivity index (χ1) is 15.9. The van der Waals surface area contributed by atoms with Crippen LogP contribution in [0.15, 0.2) is 0 Å². The summed E-state index contributed by atoms with van der Waals surface area (Å²) in [5.41, 5.74) is -0.426. The molecule has 11 heteroatoms. The van der Waals surface area contributed by atoms with Crippen molar-refractivity contribution in [1.82, 2.24) is 10.4 Å². The van der Waals surface area contributed by atoms with Crippen molar-refractivity contribution in [3.8, 4) is 0 Å². The lowest BCUT2D eigenvalue weighted by Crippen LogP contribution is -2.52. The molecular weight excluding hydrogens is 436 g/mol. The highest BCUT2D eigenvalue weighted by Gasteiger charge is 2.42. The number of unbranched alkanes of at least 4 members (excludes halogenated alkanes) is 2. The number of amides is 3. The molecule has 0 saturated carbocycles. The van der Waals surface area contributed by atoms with Gasteiger partial charge < -0.3 is 29.1 Å². The molecule has 186 valence electrons. The molecule has 1 spiro atoms. The van der Waals surface area contributed by atoms with E-state index in [4.69, 9.17) is 23.8 Å². The number of hydroxylamine groups is 2. The van der Waals surface area contributed by atoms with Crippen molar-refractivity contribution >= 4 is 23.7 Å². The monoisotopic (exact) mass is 470 g/mol. The van der Waals surface area contributed by atoms with Gasteiger partial charge in [-0.25, -0.2) is 4.79 Å². The van der Waals surface area contributed by atoms with Crippen molar-refractivity contribution < 1.29 is 43.0 Å². The van der Waals surface area contributed by atoms with Gasteiger partial charge in [0.05, 0.1) is 38.3 Å². The van der Waals surface area contributed by atoms with E-state index in [9.17, 15) is 19.2 Å². The minimum absolute atomic E-state index is 0.00255. The van der Waals surface area contributed by atoms with E-state index >= 15 is 0 Å². The smallest absolute Gasteiger partial charge is 0.333 e. The standard InChI is InChI=1S/C22H34N2O9/c1-2-3-4-11-23-16(25)5-9-20-29-12-22(13-30-20)14-31-21(32-15-22)10-8-19(28)33-24-17(26)6-7-18(24)27/h20-21H,2-15H2,1H3,(H,23,25). The van der Waals surface area contributed by atoms with Crippen LogP contribution in [0.3, 0.4) is 0 Å². The van der Waals surface area contributed by atoms with Crippen molar-refractivity contribution in [3.63, 3.8) is 0 Å². The van der Waals surface area contributed by atoms with Gasteiger partial charge in [-0.15, -0.1) is 5.06 Å². The lowest BCUT2D eigenvalue weighted by molar-refractivity contribution is -0.304. The van der Waals surface area contributed by atoms with Crippen LogP contribution in [0.2, 0.25) is 0 Å². The zero-order chi connectivity index (χ0) is 23.7. The van der Waals surface area contributed by atoms with E-state index in [0.29, 0.717) is 50.9 Å². The molecule has 3 saturated heterocycles. The third-order valence-electron chi connectivity index (χ3n) is 5.79. The average molecular weight is 471 g/mol. The molecule has 3 rings (SSSR count). The van der Waals surface area contributed by atoms with Gasteiger partial charge in [-0.1, -0.05) is 19.8 Å². The number of carbonyl (C=O) groups excluding carboxylic acids is 4. The second-order valence-electron chi connectivity index (χ2n) is 8.78. The Bertz CT molecular complexity index is 680. The Labute approximate surface area is 193 Å². The maximum absolute atomic E-state index is 11.9. The molecule has 3 aliphatic rings. The van der Waals surface area contributed by atoms with E-state index < -0.39 is 35.8 Å². The second-order valence-corrected chi connectivity index (χ2v) is 8.78. The zero-order valence-corrected chi connectivity index (χ0v) is 19.2. The Balaban J connectivity index is 1.28. The molecule has 0 bridgehead atoms. The molecule has 3 aliphatic heterocycles. The lowest BCUT2D eigenvalue weighted by atomic mass is 9.90. The van der Waals surface area contributed by atoms with E-state index in [1.165, 1.54) is 0 Å². The lowest BCUT2D eigenvalue weighted by Gasteiger charge is -2.43. The number of hydrogen-bond acceptors (Lipinski definition) is 9. The summed E-state index contributed by atoms with van der Waals surface area (Å²) < 4.78 is 23.0. The summed E-state index contributed by atoms with van der Waals surface area (Å²) in [5.74, 6) is -1.71. The fraction of sp³-hybridized carbons (Fsp3) is 0.818. The fourth-order valence-corrected chi connectivity index (χ4v) is 3.74. The van der Waals surface area contributed by atoms with Gasteiger partial charge >= 0.3 is 5.97 Å². The number of nitrogens with one attached hydrogen (secondary N) is 1. The first-order valence-corrected chi connectivity index (χ1v) is 11.7. The topological polar surface area (TPSA) is 130 Å². The minimum Gasteiger partial charge on any atom is -0.356 e. The second kappa shape index (κ2) is 12.4. The van der Waals surface area contributed by atoms with Crippen molar-refractivity contribution in [1.29, 1.82) is 0 Å². The van der Waals surface area contributed by atoms with Crippen molar-refractivity contribution in [2.45, 2.75) is 77.3 Å². The predicted octanol–water partition coefficient (Wildman–Crippen LogP) is 1.19. The number of carbonyl (C=O) groups is 4. The van der Waals surface area contributed by atoms with Crippen molar-refractivity contribution in [2.75, 3.05) is 33.0 Å². The number of hydrogen-bond donors (Lipinski definition) is 1. The van der Waals surface area contributed by atoms with E-state index in [1.54, 1.807) is 0 Å². The quantitative estimate of drug-likeness (QED) is 0.350. The van der Waals surface area contributed by atoms with Gasteiger partial charge in [-0.05, 0) is 6.42 Å². The highest BCUT2D eigenvalue weighted by atomic mass is 16.7. The Morgan fingerprint density at radius 1 is 0.939 bits per heavy atom. The first-order valence-electron chi connectivity index (χ1n) is 11.7. The number of rotatable bonds is 11. The molecule has 3 amide bonds. The van der Waals surface area contributed by atoms with Gasteiger partial charge in [0.25, 0.3) is 11.8 Å². The molecule has 0 unspecified atom stereocenters. The maximum Gasteiger partial charge on any atom is 0.333 e. The van der Waals surface area contributed by atoms with Crippen molar-refractivity contribution in [3.05, 3.63) is 0 Å². The molecule has 0 aromatic rings. The number of nitrogens with zero attached hydrogens (tertiary/aromatic N) is 1. The van der Waals surface area contributed by atoms with E-state index in [-0.39, 0.29) is 31.6 Å². The maximum atomic E-state index is 11.9. The molecule has 0 aromatic heterocycles. The molecule has 3 heterocycles. The van der Waals surface area contributed by atoms with E-state index in [0.717, 1.165) is 19.3 Å². The summed E-state index contributed by atoms with van der Waals surface area (Å²) in [6.45, 7) is 4.30. The van der Waals surface area contributed by atoms with Crippen molar-refractivity contribution in [2.24, 2.45) is 5.41 Å². The highest BCUT2D eigenvalue weighted by Crippen LogP contribution is 2.32. The Morgan fingerprint density at radius 2 is 1.48 bits per heavy atom. The fourth-order valence-electron chi connectivity index (χ4n) is 3.74. The third-order valence-corrected chi connectivity index (χ3v) is 5.79. The summed E-state index contributed by atoms with van der Waals surface area (Å²) in [5, 5.41) is 3.43. The van der Waals surface area contributed by atoms with Crippen LogP contribution in [-0.4, -0.2) is 74.3 Å². The molecule has 0 aliphatic carbocycles. The number of imide groups is 1. The minimum atomic E-state index is -0.687. The van der Waals surface area contributed by atoms with Crippen LogP contribution in [-0.2, 0) is 43.0 Å². The van der Waals surface area contributed by atoms with E-state index in [1.807, 2.05) is 0 Å². The van der Waals surface area contributed by atoms with Gasteiger partial charge in [0.2, 0.25) is 5.91 Å². The van der Waals surface area contributed by atoms with Crippen LogP contribution >= 0.6 is 0 Å². The Hall–Kier alpha value is -2.08. The van der Waals surface area contributed by atoms with Gasteiger partial charge in [-0.2, -0.15) is 0 Å². The van der Waals surface area contributed by atoms with Crippen LogP contribution in [0.1, 0.15) is 64.7 Å². The van der Waals surface area contributed by atoms with Crippen LogP contribution in [0.5, 0.6) is 0 Å². The molecule has 0 atom stereocenters. The molecule has 33 heavy (non-hydrogen) atoms. The van der Waals surface area contributed by atoms with Crippen LogP contribution in [0.25, 0.3) is 0 Å². The summed E-state index contributed by atoms with van der Waals surface area (Å²) >= 11 is 0. The summed E-state index contributed by atoms with van der Waals surface area (Å²) in [6.07, 6.45) is 3.32. The average Bonchev–Trinajstić information content (AvgIpc) is 3.13. The largest absolute Gasteiger partial charge is 0.356 e. The summed E-state index contributed by atoms with van der Waals surface area (Å²) in [4.78, 5) is 51.6. The van der Waals surface area contributed by atoms with Gasteiger partial charge in [0.15, 0.2) is 12.6 Å². The normalized spacial score (nSPS) is 27.7. The summed E-state index contributed by atoms with van der Waals surface area (Å²) in [6, 6.07) is 0. The molecule has 11 nitrogen and oxygen atoms in total. The van der Waals surface area contributed by atoms with Gasteiger partial charge in [0, 0.05) is 38.6 Å². The zero-order valence-electron chi connectivity index (χ0n) is 19.2.